The molecule has 0 spiro atoms. The van der Waals surface area contributed by atoms with Gasteiger partial charge in [-0.25, -0.2) is 4.98 Å². The van der Waals surface area contributed by atoms with Gasteiger partial charge in [0.15, 0.2) is 5.82 Å². The average molecular weight is 355 g/mol. The molecule has 0 unspecified atom stereocenters. The molecule has 6 heteroatoms. The zero-order valence-electron chi connectivity index (χ0n) is 12.5. The molecule has 0 saturated heterocycles. The molecule has 2 aromatic rings. The fourth-order valence-corrected chi connectivity index (χ4v) is 3.12. The van der Waals surface area contributed by atoms with Gasteiger partial charge in [0, 0.05) is 11.1 Å². The Morgan fingerprint density at radius 3 is 2.68 bits per heavy atom. The zero-order chi connectivity index (χ0) is 16.3. The molecule has 0 radical (unpaired) electrons. The Bertz CT molecular complexity index is 720. The van der Waals surface area contributed by atoms with Crippen molar-refractivity contribution in [2.75, 3.05) is 11.1 Å². The summed E-state index contributed by atoms with van der Waals surface area (Å²) in [5, 5.41) is 3.57. The predicted molar refractivity (Wildman–Crippen MR) is 94.3 cm³/mol. The largest absolute Gasteiger partial charge is 0.309 e. The molecule has 1 amide bonds. The van der Waals surface area contributed by atoms with Crippen LogP contribution in [0.15, 0.2) is 29.3 Å². The summed E-state index contributed by atoms with van der Waals surface area (Å²) < 4.78 is 0. The number of aryl methyl sites for hydroxylation is 2. The molecular formula is C16H16Cl2N2OS. The molecule has 1 N–H and O–H groups in total. The predicted octanol–water partition coefficient (Wildman–Crippen LogP) is 5.04. The van der Waals surface area contributed by atoms with E-state index in [9.17, 15) is 4.79 Å². The number of amides is 1. The number of thioether (sulfide) groups is 1. The molecule has 0 atom stereocenters. The lowest BCUT2D eigenvalue weighted by molar-refractivity contribution is -0.113. The van der Waals surface area contributed by atoms with Crippen LogP contribution >= 0.6 is 35.0 Å². The smallest absolute Gasteiger partial charge is 0.235 e. The van der Waals surface area contributed by atoms with E-state index < -0.39 is 0 Å². The number of nitrogens with zero attached hydrogens (tertiary/aromatic N) is 1. The van der Waals surface area contributed by atoms with E-state index in [1.54, 1.807) is 6.92 Å². The summed E-state index contributed by atoms with van der Waals surface area (Å²) in [6.45, 7) is 5.87. The Morgan fingerprint density at radius 2 is 2.00 bits per heavy atom. The minimum atomic E-state index is -0.152. The highest BCUT2D eigenvalue weighted by Gasteiger charge is 2.12. The second-order valence-corrected chi connectivity index (χ2v) is 6.80. The van der Waals surface area contributed by atoms with Crippen molar-refractivity contribution < 1.29 is 4.79 Å². The van der Waals surface area contributed by atoms with E-state index in [-0.39, 0.29) is 5.91 Å². The third-order valence-corrected chi connectivity index (χ3v) is 5.17. The normalized spacial score (nSPS) is 10.6. The minimum absolute atomic E-state index is 0.152. The molecule has 0 aliphatic rings. The van der Waals surface area contributed by atoms with Gasteiger partial charge in [0.1, 0.15) is 0 Å². The first-order chi connectivity index (χ1) is 10.4. The summed E-state index contributed by atoms with van der Waals surface area (Å²) in [4.78, 5) is 17.2. The zero-order valence-corrected chi connectivity index (χ0v) is 14.9. The lowest BCUT2D eigenvalue weighted by atomic mass is 10.2. The number of aromatic nitrogens is 1. The number of anilines is 1. The van der Waals surface area contributed by atoms with E-state index in [0.29, 0.717) is 27.2 Å². The lowest BCUT2D eigenvalue weighted by Crippen LogP contribution is -2.15. The van der Waals surface area contributed by atoms with Crippen molar-refractivity contribution in [1.82, 2.24) is 4.98 Å². The van der Waals surface area contributed by atoms with Gasteiger partial charge in [-0.05, 0) is 38.0 Å². The van der Waals surface area contributed by atoms with Crippen molar-refractivity contribution in [3.05, 3.63) is 51.1 Å². The first kappa shape index (κ1) is 17.1. The molecular weight excluding hydrogens is 339 g/mol. The summed E-state index contributed by atoms with van der Waals surface area (Å²) in [7, 11) is 0. The second kappa shape index (κ2) is 7.36. The Kier molecular flexibility index (Phi) is 5.73. The number of benzene rings is 1. The SMILES string of the molecule is Cc1ccc(SCC(=O)Nc2ncc(Cl)c(C)c2Cl)c(C)c1. The third kappa shape index (κ3) is 4.15. The van der Waals surface area contributed by atoms with E-state index in [1.807, 2.05) is 26.0 Å². The van der Waals surface area contributed by atoms with Gasteiger partial charge in [0.05, 0.1) is 15.8 Å². The van der Waals surface area contributed by atoms with Crippen molar-refractivity contribution in [3.63, 3.8) is 0 Å². The summed E-state index contributed by atoms with van der Waals surface area (Å²) in [5.74, 6) is 0.486. The molecule has 0 aliphatic heterocycles. The van der Waals surface area contributed by atoms with Crippen LogP contribution in [0, 0.1) is 20.8 Å². The number of hydrogen-bond acceptors (Lipinski definition) is 3. The monoisotopic (exact) mass is 354 g/mol. The van der Waals surface area contributed by atoms with Crippen LogP contribution in [-0.4, -0.2) is 16.6 Å². The van der Waals surface area contributed by atoms with Gasteiger partial charge in [-0.3, -0.25) is 4.79 Å². The standard InChI is InChI=1S/C16H16Cl2N2OS/c1-9-4-5-13(10(2)6-9)22-8-14(21)20-16-15(18)11(3)12(17)7-19-16/h4-7H,8H2,1-3H3,(H,19,20,21). The average Bonchev–Trinajstić information content (AvgIpc) is 2.47. The first-order valence-electron chi connectivity index (χ1n) is 6.69. The Labute approximate surface area is 144 Å². The minimum Gasteiger partial charge on any atom is -0.309 e. The maximum Gasteiger partial charge on any atom is 0.235 e. The number of hydrogen-bond donors (Lipinski definition) is 1. The highest BCUT2D eigenvalue weighted by Crippen LogP contribution is 2.29. The van der Waals surface area contributed by atoms with Crippen LogP contribution in [0.4, 0.5) is 5.82 Å². The molecule has 0 aliphatic carbocycles. The van der Waals surface area contributed by atoms with Crippen LogP contribution in [0.5, 0.6) is 0 Å². The van der Waals surface area contributed by atoms with E-state index in [1.165, 1.54) is 23.5 Å². The first-order valence-corrected chi connectivity index (χ1v) is 8.43. The van der Waals surface area contributed by atoms with E-state index in [0.717, 1.165) is 10.5 Å². The molecule has 1 aromatic heterocycles. The topological polar surface area (TPSA) is 42.0 Å². The molecule has 1 heterocycles. The maximum atomic E-state index is 12.0. The lowest BCUT2D eigenvalue weighted by Gasteiger charge is -2.10. The highest BCUT2D eigenvalue weighted by molar-refractivity contribution is 8.00. The number of pyridine rings is 1. The van der Waals surface area contributed by atoms with Crippen molar-refractivity contribution >= 4 is 46.7 Å². The van der Waals surface area contributed by atoms with Crippen molar-refractivity contribution in [2.24, 2.45) is 0 Å². The molecule has 3 nitrogen and oxygen atoms in total. The number of rotatable bonds is 4. The Hall–Kier alpha value is -1.23. The molecule has 0 fully saturated rings. The van der Waals surface area contributed by atoms with Crippen LogP contribution in [-0.2, 0) is 4.79 Å². The molecule has 2 rings (SSSR count). The van der Waals surface area contributed by atoms with E-state index in [4.69, 9.17) is 23.2 Å². The summed E-state index contributed by atoms with van der Waals surface area (Å²) >= 11 is 13.6. The fourth-order valence-electron chi connectivity index (χ4n) is 1.92. The molecule has 1 aromatic carbocycles. The molecule has 0 saturated carbocycles. The van der Waals surface area contributed by atoms with Crippen LogP contribution in [0.1, 0.15) is 16.7 Å². The number of carbonyl (C=O) groups excluding carboxylic acids is 1. The summed E-state index contributed by atoms with van der Waals surface area (Å²) in [6.07, 6.45) is 1.48. The number of nitrogens with one attached hydrogen (secondary N) is 1. The molecule has 22 heavy (non-hydrogen) atoms. The van der Waals surface area contributed by atoms with Gasteiger partial charge in [0.2, 0.25) is 5.91 Å². The summed E-state index contributed by atoms with van der Waals surface area (Å²) in [5.41, 5.74) is 3.07. The van der Waals surface area contributed by atoms with Gasteiger partial charge < -0.3 is 5.32 Å². The highest BCUT2D eigenvalue weighted by atomic mass is 35.5. The van der Waals surface area contributed by atoms with Crippen LogP contribution < -0.4 is 5.32 Å². The maximum absolute atomic E-state index is 12.0. The Balaban J connectivity index is 2.00. The fraction of sp³-hybridized carbons (Fsp3) is 0.250. The number of halogens is 2. The third-order valence-electron chi connectivity index (χ3n) is 3.15. The number of carbonyl (C=O) groups is 1. The van der Waals surface area contributed by atoms with E-state index >= 15 is 0 Å². The quantitative estimate of drug-likeness (QED) is 0.781. The van der Waals surface area contributed by atoms with Gasteiger partial charge in [-0.2, -0.15) is 0 Å². The van der Waals surface area contributed by atoms with Crippen molar-refractivity contribution in [2.45, 2.75) is 25.7 Å². The van der Waals surface area contributed by atoms with Crippen LogP contribution in [0.25, 0.3) is 0 Å². The Morgan fingerprint density at radius 1 is 1.27 bits per heavy atom. The van der Waals surface area contributed by atoms with E-state index in [2.05, 4.69) is 16.4 Å². The second-order valence-electron chi connectivity index (χ2n) is 5.00. The molecule has 0 bridgehead atoms. The summed E-state index contributed by atoms with van der Waals surface area (Å²) in [6, 6.07) is 6.16. The molecule has 116 valence electrons. The van der Waals surface area contributed by atoms with Gasteiger partial charge in [0.25, 0.3) is 0 Å². The van der Waals surface area contributed by atoms with Crippen molar-refractivity contribution in [1.29, 1.82) is 0 Å². The van der Waals surface area contributed by atoms with Gasteiger partial charge in [-0.1, -0.05) is 40.9 Å². The van der Waals surface area contributed by atoms with Gasteiger partial charge >= 0.3 is 0 Å². The van der Waals surface area contributed by atoms with Crippen LogP contribution in [0.2, 0.25) is 10.0 Å². The van der Waals surface area contributed by atoms with Crippen molar-refractivity contribution in [3.8, 4) is 0 Å². The van der Waals surface area contributed by atoms with Crippen LogP contribution in [0.3, 0.4) is 0 Å². The van der Waals surface area contributed by atoms with Gasteiger partial charge in [-0.15, -0.1) is 11.8 Å².